The van der Waals surface area contributed by atoms with Gasteiger partial charge in [0, 0.05) is 70.0 Å². The van der Waals surface area contributed by atoms with Gasteiger partial charge >= 0.3 is 0 Å². The van der Waals surface area contributed by atoms with Crippen molar-refractivity contribution < 1.29 is 4.79 Å². The minimum atomic E-state index is 0.187. The Kier molecular flexibility index (Phi) is 4.55. The standard InChI is InChI=1S/C15H25N5O/c1-18-6-8-19(9-7-18)4-3-15(21)17-13-2-5-20-12-16-11-14(20)10-13/h11-13H,2-10H2,1H3,(H,17,21). The number of piperazine rings is 1. The fourth-order valence-electron chi connectivity index (χ4n) is 3.12. The van der Waals surface area contributed by atoms with E-state index in [1.165, 1.54) is 5.69 Å². The van der Waals surface area contributed by atoms with E-state index in [1.807, 2.05) is 12.5 Å². The molecular formula is C15H25N5O. The highest BCUT2D eigenvalue weighted by Crippen LogP contribution is 2.14. The van der Waals surface area contributed by atoms with Crippen molar-refractivity contribution in [2.24, 2.45) is 0 Å². The third kappa shape index (κ3) is 3.83. The molecule has 1 amide bonds. The fraction of sp³-hybridized carbons (Fsp3) is 0.733. The molecule has 3 rings (SSSR count). The van der Waals surface area contributed by atoms with Crippen molar-refractivity contribution in [1.29, 1.82) is 0 Å². The van der Waals surface area contributed by atoms with Crippen LogP contribution in [0.4, 0.5) is 0 Å². The number of fused-ring (bicyclic) bond motifs is 1. The largest absolute Gasteiger partial charge is 0.353 e. The summed E-state index contributed by atoms with van der Waals surface area (Å²) < 4.78 is 2.17. The van der Waals surface area contributed by atoms with Crippen molar-refractivity contribution in [2.45, 2.75) is 31.8 Å². The summed E-state index contributed by atoms with van der Waals surface area (Å²) in [5.41, 5.74) is 1.23. The first-order valence-corrected chi connectivity index (χ1v) is 7.90. The highest BCUT2D eigenvalue weighted by molar-refractivity contribution is 5.76. The van der Waals surface area contributed by atoms with Gasteiger partial charge in [-0.1, -0.05) is 0 Å². The number of carbonyl (C=O) groups excluding carboxylic acids is 1. The first-order chi connectivity index (χ1) is 10.2. The second-order valence-corrected chi connectivity index (χ2v) is 6.23. The summed E-state index contributed by atoms with van der Waals surface area (Å²) in [4.78, 5) is 21.0. The Balaban J connectivity index is 1.39. The first-order valence-electron chi connectivity index (χ1n) is 7.90. The smallest absolute Gasteiger partial charge is 0.221 e. The molecule has 1 saturated heterocycles. The normalized spacial score (nSPS) is 23.8. The maximum absolute atomic E-state index is 12.1. The van der Waals surface area contributed by atoms with E-state index in [9.17, 15) is 4.79 Å². The van der Waals surface area contributed by atoms with Gasteiger partial charge in [-0.2, -0.15) is 0 Å². The van der Waals surface area contributed by atoms with Crippen molar-refractivity contribution >= 4 is 5.91 Å². The Bertz CT molecular complexity index is 478. The minimum Gasteiger partial charge on any atom is -0.353 e. The highest BCUT2D eigenvalue weighted by atomic mass is 16.1. The van der Waals surface area contributed by atoms with Crippen LogP contribution in [-0.4, -0.2) is 71.1 Å². The second-order valence-electron chi connectivity index (χ2n) is 6.23. The summed E-state index contributed by atoms with van der Waals surface area (Å²) >= 11 is 0. The van der Waals surface area contributed by atoms with Crippen LogP contribution in [0.1, 0.15) is 18.5 Å². The number of amides is 1. The molecule has 0 bridgehead atoms. The lowest BCUT2D eigenvalue weighted by molar-refractivity contribution is -0.122. The molecule has 0 saturated carbocycles. The van der Waals surface area contributed by atoms with Crippen molar-refractivity contribution in [1.82, 2.24) is 24.7 Å². The molecule has 1 unspecified atom stereocenters. The van der Waals surface area contributed by atoms with E-state index in [0.29, 0.717) is 6.42 Å². The summed E-state index contributed by atoms with van der Waals surface area (Å²) in [6, 6.07) is 0.272. The molecule has 116 valence electrons. The van der Waals surface area contributed by atoms with Gasteiger partial charge < -0.3 is 19.7 Å². The molecule has 2 aliphatic heterocycles. The van der Waals surface area contributed by atoms with Gasteiger partial charge in [-0.05, 0) is 13.5 Å². The van der Waals surface area contributed by atoms with Crippen LogP contribution in [0, 0.1) is 0 Å². The third-order valence-electron chi connectivity index (χ3n) is 4.59. The number of aryl methyl sites for hydroxylation is 1. The number of nitrogens with one attached hydrogen (secondary N) is 1. The first kappa shape index (κ1) is 14.5. The average molecular weight is 291 g/mol. The molecule has 1 aromatic rings. The summed E-state index contributed by atoms with van der Waals surface area (Å²) in [7, 11) is 2.15. The van der Waals surface area contributed by atoms with Crippen molar-refractivity contribution in [3.05, 3.63) is 18.2 Å². The second kappa shape index (κ2) is 6.58. The van der Waals surface area contributed by atoms with Crippen LogP contribution >= 0.6 is 0 Å². The maximum Gasteiger partial charge on any atom is 0.221 e. The Labute approximate surface area is 126 Å². The van der Waals surface area contributed by atoms with Crippen LogP contribution in [0.5, 0.6) is 0 Å². The monoisotopic (exact) mass is 291 g/mol. The highest BCUT2D eigenvalue weighted by Gasteiger charge is 2.21. The molecule has 2 aliphatic rings. The fourth-order valence-corrected chi connectivity index (χ4v) is 3.12. The van der Waals surface area contributed by atoms with Gasteiger partial charge in [0.1, 0.15) is 0 Å². The van der Waals surface area contributed by atoms with Crippen molar-refractivity contribution in [2.75, 3.05) is 39.8 Å². The van der Waals surface area contributed by atoms with Crippen LogP contribution in [0.3, 0.4) is 0 Å². The number of hydrogen-bond donors (Lipinski definition) is 1. The number of aromatic nitrogens is 2. The molecule has 6 heteroatoms. The average Bonchev–Trinajstić information content (AvgIpc) is 2.94. The predicted octanol–water partition coefficient (Wildman–Crippen LogP) is -0.0484. The number of imidazole rings is 1. The predicted molar refractivity (Wildman–Crippen MR) is 81.0 cm³/mol. The zero-order valence-corrected chi connectivity index (χ0v) is 12.8. The van der Waals surface area contributed by atoms with E-state index in [2.05, 4.69) is 31.7 Å². The lowest BCUT2D eigenvalue weighted by Gasteiger charge is -2.32. The lowest BCUT2D eigenvalue weighted by atomic mass is 10.0. The maximum atomic E-state index is 12.1. The van der Waals surface area contributed by atoms with E-state index in [1.54, 1.807) is 0 Å². The lowest BCUT2D eigenvalue weighted by Crippen LogP contribution is -2.46. The van der Waals surface area contributed by atoms with Crippen LogP contribution in [0.2, 0.25) is 0 Å². The van der Waals surface area contributed by atoms with E-state index in [-0.39, 0.29) is 11.9 Å². The number of hydrogen-bond acceptors (Lipinski definition) is 4. The topological polar surface area (TPSA) is 53.4 Å². The zero-order valence-electron chi connectivity index (χ0n) is 12.8. The van der Waals surface area contributed by atoms with Crippen molar-refractivity contribution in [3.63, 3.8) is 0 Å². The molecular weight excluding hydrogens is 266 g/mol. The van der Waals surface area contributed by atoms with Gasteiger partial charge in [0.05, 0.1) is 6.33 Å². The molecule has 1 N–H and O–H groups in total. The van der Waals surface area contributed by atoms with Gasteiger partial charge in [0.2, 0.25) is 5.91 Å². The van der Waals surface area contributed by atoms with Crippen LogP contribution in [-0.2, 0) is 17.8 Å². The molecule has 0 aromatic carbocycles. The summed E-state index contributed by atoms with van der Waals surface area (Å²) in [5.74, 6) is 0.187. The SMILES string of the molecule is CN1CCN(CCC(=O)NC2CCn3cncc3C2)CC1. The van der Waals surface area contributed by atoms with E-state index in [4.69, 9.17) is 0 Å². The quantitative estimate of drug-likeness (QED) is 0.845. The van der Waals surface area contributed by atoms with Gasteiger partial charge in [-0.3, -0.25) is 4.79 Å². The molecule has 3 heterocycles. The third-order valence-corrected chi connectivity index (χ3v) is 4.59. The Morgan fingerprint density at radius 2 is 2.14 bits per heavy atom. The van der Waals surface area contributed by atoms with Crippen LogP contribution in [0.15, 0.2) is 12.5 Å². The van der Waals surface area contributed by atoms with Crippen LogP contribution in [0.25, 0.3) is 0 Å². The number of rotatable bonds is 4. The Morgan fingerprint density at radius 3 is 2.95 bits per heavy atom. The Morgan fingerprint density at radius 1 is 1.33 bits per heavy atom. The Hall–Kier alpha value is -1.40. The molecule has 0 spiro atoms. The number of nitrogens with zero attached hydrogens (tertiary/aromatic N) is 4. The van der Waals surface area contributed by atoms with Gasteiger partial charge in [0.15, 0.2) is 0 Å². The van der Waals surface area contributed by atoms with E-state index in [0.717, 1.165) is 52.1 Å². The van der Waals surface area contributed by atoms with Crippen molar-refractivity contribution in [3.8, 4) is 0 Å². The molecule has 6 nitrogen and oxygen atoms in total. The molecule has 1 fully saturated rings. The zero-order chi connectivity index (χ0) is 14.7. The molecule has 0 aliphatic carbocycles. The van der Waals surface area contributed by atoms with E-state index >= 15 is 0 Å². The van der Waals surface area contributed by atoms with Crippen LogP contribution < -0.4 is 5.32 Å². The summed E-state index contributed by atoms with van der Waals surface area (Å²) in [5, 5.41) is 3.18. The molecule has 0 radical (unpaired) electrons. The minimum absolute atomic E-state index is 0.187. The molecule has 1 aromatic heterocycles. The summed E-state index contributed by atoms with van der Waals surface area (Å²) in [6.45, 7) is 6.20. The van der Waals surface area contributed by atoms with Gasteiger partial charge in [0.25, 0.3) is 0 Å². The number of carbonyl (C=O) groups is 1. The molecule has 1 atom stereocenters. The van der Waals surface area contributed by atoms with Gasteiger partial charge in [-0.15, -0.1) is 0 Å². The number of likely N-dealkylation sites (N-methyl/N-ethyl adjacent to an activating group) is 1. The summed E-state index contributed by atoms with van der Waals surface area (Å²) in [6.07, 6.45) is 6.30. The molecule has 21 heavy (non-hydrogen) atoms. The van der Waals surface area contributed by atoms with E-state index < -0.39 is 0 Å². The van der Waals surface area contributed by atoms with Gasteiger partial charge in [-0.25, -0.2) is 4.98 Å².